The molecule has 1 aliphatic heterocycles. The minimum absolute atomic E-state index is 0. The molecular formula is C8H19Cl2F3N3Ti. The summed E-state index contributed by atoms with van der Waals surface area (Å²) in [7, 11) is 0. The molecule has 0 aromatic rings. The van der Waals surface area contributed by atoms with Crippen LogP contribution in [0.1, 0.15) is 0 Å². The van der Waals surface area contributed by atoms with Crippen LogP contribution in [0.15, 0.2) is 0 Å². The number of alkyl halides is 3. The van der Waals surface area contributed by atoms with Crippen molar-refractivity contribution in [3.05, 3.63) is 0 Å². The first-order valence-corrected chi connectivity index (χ1v) is 8.13. The first kappa shape index (κ1) is 20.3. The Kier molecular flexibility index (Phi) is 11.7. The Morgan fingerprint density at radius 1 is 0.941 bits per heavy atom. The molecule has 9 heteroatoms. The van der Waals surface area contributed by atoms with Crippen molar-refractivity contribution in [2.24, 2.45) is 0 Å². The van der Waals surface area contributed by atoms with Crippen LogP contribution in [-0.4, -0.2) is 47.1 Å². The Bertz CT molecular complexity index is 187. The molecule has 0 amide bonds. The molecule has 2 N–H and O–H groups in total. The van der Waals surface area contributed by atoms with Gasteiger partial charge in [0.15, 0.2) is 0 Å². The zero-order valence-corrected chi connectivity index (χ0v) is 12.8. The minimum atomic E-state index is -3.96. The Morgan fingerprint density at radius 3 is 1.71 bits per heavy atom. The van der Waals surface area contributed by atoms with Gasteiger partial charge in [-0.3, -0.25) is 0 Å². The zero-order chi connectivity index (χ0) is 11.3. The number of hydrogen-bond acceptors (Lipinski definition) is 3. The maximum absolute atomic E-state index is 12.6. The van der Waals surface area contributed by atoms with Gasteiger partial charge in [0.25, 0.3) is 0 Å². The average molecular weight is 333 g/mol. The monoisotopic (exact) mass is 332 g/mol. The van der Waals surface area contributed by atoms with Crippen LogP contribution in [0.25, 0.3) is 0 Å². The van der Waals surface area contributed by atoms with Gasteiger partial charge >= 0.3 is 94.3 Å². The summed E-state index contributed by atoms with van der Waals surface area (Å²) < 4.78 is 35.3. The van der Waals surface area contributed by atoms with Crippen LogP contribution in [0.5, 0.6) is 0 Å². The first-order valence-electron chi connectivity index (χ1n) is 5.09. The summed E-state index contributed by atoms with van der Waals surface area (Å²) in [6, 6.07) is 0. The second kappa shape index (κ2) is 9.84. The van der Waals surface area contributed by atoms with Crippen molar-refractivity contribution in [2.75, 3.05) is 39.3 Å². The Morgan fingerprint density at radius 2 is 1.35 bits per heavy atom. The summed E-state index contributed by atoms with van der Waals surface area (Å²) in [5.74, 6) is 0. The predicted octanol–water partition coefficient (Wildman–Crippen LogP) is 1.43. The number of rotatable bonds is 1. The molecular weight excluding hydrogens is 314 g/mol. The molecule has 0 bridgehead atoms. The molecule has 0 aromatic carbocycles. The van der Waals surface area contributed by atoms with Crippen LogP contribution >= 0.6 is 24.8 Å². The van der Waals surface area contributed by atoms with E-state index in [1.54, 1.807) is 3.38 Å². The topological polar surface area (TPSA) is 27.3 Å². The van der Waals surface area contributed by atoms with Crippen LogP contribution in [-0.2, 0) is 18.1 Å². The fraction of sp³-hybridized carbons (Fsp3) is 1.00. The second-order valence-electron chi connectivity index (χ2n) is 3.57. The molecule has 0 aromatic heterocycles. The molecule has 0 unspecified atom stereocenters. The van der Waals surface area contributed by atoms with E-state index in [9.17, 15) is 13.2 Å². The average Bonchev–Trinajstić information content (AvgIpc) is 2.27. The molecule has 1 aliphatic rings. The predicted molar refractivity (Wildman–Crippen MR) is 63.7 cm³/mol. The normalized spacial score (nSPS) is 19.1. The fourth-order valence-electron chi connectivity index (χ4n) is 1.48. The maximum atomic E-state index is 12.6. The van der Waals surface area contributed by atoms with Gasteiger partial charge in [-0.2, -0.15) is 0 Å². The quantitative estimate of drug-likeness (QED) is 0.711. The molecule has 0 radical (unpaired) electrons. The second-order valence-corrected chi connectivity index (χ2v) is 7.27. The van der Waals surface area contributed by atoms with E-state index in [2.05, 4.69) is 10.6 Å². The third kappa shape index (κ3) is 7.87. The molecule has 1 fully saturated rings. The summed E-state index contributed by atoms with van der Waals surface area (Å²) in [5, 5.41) is 7.62. The molecule has 17 heavy (non-hydrogen) atoms. The summed E-state index contributed by atoms with van der Waals surface area (Å²) >= 11 is -3.07. The Balaban J connectivity index is 0. The van der Waals surface area contributed by atoms with E-state index in [0.717, 1.165) is 13.1 Å². The molecule has 0 atom stereocenters. The summed E-state index contributed by atoms with van der Waals surface area (Å²) in [5.41, 5.74) is 0. The van der Waals surface area contributed by atoms with E-state index in [1.165, 1.54) is 5.23 Å². The van der Waals surface area contributed by atoms with Crippen molar-refractivity contribution in [1.29, 1.82) is 0 Å². The van der Waals surface area contributed by atoms with Crippen molar-refractivity contribution in [3.63, 3.8) is 0 Å². The van der Waals surface area contributed by atoms with Crippen LogP contribution in [0, 0.1) is 0 Å². The van der Waals surface area contributed by atoms with E-state index in [-0.39, 0.29) is 24.8 Å². The summed E-state index contributed by atoms with van der Waals surface area (Å²) in [6.07, 6.45) is 0. The zero-order valence-electron chi connectivity index (χ0n) is 9.64. The Labute approximate surface area is 119 Å². The SMILES string of the molecule is Cl.Cl.[CH3][Ti]([N]1CCNCCNCC1)[C](F)(F)F. The van der Waals surface area contributed by atoms with Gasteiger partial charge in [0, 0.05) is 0 Å². The number of nitrogens with zero attached hydrogens (tertiary/aromatic N) is 1. The van der Waals surface area contributed by atoms with Gasteiger partial charge < -0.3 is 0 Å². The van der Waals surface area contributed by atoms with Crippen molar-refractivity contribution in [2.45, 2.75) is 9.71 Å². The number of nitrogens with one attached hydrogen (secondary N) is 2. The molecule has 1 rings (SSSR count). The van der Waals surface area contributed by atoms with Crippen LogP contribution in [0.2, 0.25) is 5.23 Å². The van der Waals surface area contributed by atoms with Crippen molar-refractivity contribution in [3.8, 4) is 0 Å². The summed E-state index contributed by atoms with van der Waals surface area (Å²) in [6.45, 7) is 4.02. The first-order chi connectivity index (χ1) is 7.02. The van der Waals surface area contributed by atoms with E-state index >= 15 is 0 Å². The molecule has 0 aliphatic carbocycles. The van der Waals surface area contributed by atoms with Crippen LogP contribution in [0.3, 0.4) is 0 Å². The van der Waals surface area contributed by atoms with Crippen LogP contribution in [0.4, 0.5) is 13.2 Å². The van der Waals surface area contributed by atoms with Gasteiger partial charge in [-0.1, -0.05) is 0 Å². The molecule has 1 heterocycles. The van der Waals surface area contributed by atoms with E-state index in [0.29, 0.717) is 26.2 Å². The molecule has 1 saturated heterocycles. The van der Waals surface area contributed by atoms with Crippen molar-refractivity contribution in [1.82, 2.24) is 14.0 Å². The third-order valence-corrected chi connectivity index (χ3v) is 5.94. The molecule has 3 nitrogen and oxygen atoms in total. The van der Waals surface area contributed by atoms with E-state index in [4.69, 9.17) is 0 Å². The fourth-order valence-corrected chi connectivity index (χ4v) is 3.44. The van der Waals surface area contributed by atoms with E-state index < -0.39 is 22.6 Å². The number of halogens is 5. The molecule has 0 spiro atoms. The van der Waals surface area contributed by atoms with Gasteiger partial charge in [-0.25, -0.2) is 0 Å². The summed E-state index contributed by atoms with van der Waals surface area (Å²) in [4.78, 5) is 0. The van der Waals surface area contributed by atoms with Gasteiger partial charge in [0.05, 0.1) is 0 Å². The van der Waals surface area contributed by atoms with Gasteiger partial charge in [0.1, 0.15) is 0 Å². The Hall–Kier alpha value is 0.964. The molecule has 0 saturated carbocycles. The van der Waals surface area contributed by atoms with Gasteiger partial charge in [-0.15, -0.1) is 24.8 Å². The van der Waals surface area contributed by atoms with Crippen LogP contribution < -0.4 is 10.6 Å². The molecule has 105 valence electrons. The third-order valence-electron chi connectivity index (χ3n) is 2.48. The van der Waals surface area contributed by atoms with Crippen molar-refractivity contribution >= 4 is 24.8 Å². The van der Waals surface area contributed by atoms with Gasteiger partial charge in [-0.05, 0) is 0 Å². The standard InChI is InChI=1S/C6H14N3.CF3.CH3.2ClH.Ti/c1-2-8-5-6-9-4-3-7-1;2-1(3)4;;;;/h7-8H,1-6H2;;1H3;2*1H;/q-1;;;;;+1. The van der Waals surface area contributed by atoms with E-state index in [1.807, 2.05) is 0 Å². The van der Waals surface area contributed by atoms with Gasteiger partial charge in [0.2, 0.25) is 0 Å². The number of hydrogen-bond donors (Lipinski definition) is 2. The van der Waals surface area contributed by atoms with Crippen molar-refractivity contribution < 1.29 is 31.3 Å².